The van der Waals surface area contributed by atoms with Crippen molar-refractivity contribution in [2.24, 2.45) is 4.99 Å². The van der Waals surface area contributed by atoms with Gasteiger partial charge in [-0.1, -0.05) is 68.9 Å². The Morgan fingerprint density at radius 3 is 2.45 bits per heavy atom. The predicted octanol–water partition coefficient (Wildman–Crippen LogP) is 6.84. The molecule has 1 aliphatic rings. The minimum Gasteiger partial charge on any atom is -0.406 e. The van der Waals surface area contributed by atoms with E-state index >= 15 is 0 Å². The maximum Gasteiger partial charge on any atom is 0.573 e. The zero-order chi connectivity index (χ0) is 31.4. The Kier molecular flexibility index (Phi) is 9.62. The highest BCUT2D eigenvalue weighted by Crippen LogP contribution is 2.35. The molecule has 0 saturated carbocycles. The summed E-state index contributed by atoms with van der Waals surface area (Å²) in [5.41, 5.74) is 6.12. The van der Waals surface area contributed by atoms with Crippen molar-refractivity contribution in [2.75, 3.05) is 23.7 Å². The quantitative estimate of drug-likeness (QED) is 0.187. The lowest BCUT2D eigenvalue weighted by Crippen LogP contribution is -2.33. The number of thioether (sulfide) groups is 1. The number of aromatic nitrogens is 3. The number of amidine groups is 1. The molecular formula is C32H35F3N6O2S. The zero-order valence-electron chi connectivity index (χ0n) is 24.9. The number of hydrogen-bond donors (Lipinski definition) is 2. The number of aliphatic imine (C=N–C) groups is 1. The first-order valence-corrected chi connectivity index (χ1v) is 15.3. The molecule has 12 heteroatoms. The minimum atomic E-state index is -4.74. The van der Waals surface area contributed by atoms with Gasteiger partial charge in [0.2, 0.25) is 6.35 Å². The molecule has 1 fully saturated rings. The second-order valence-corrected chi connectivity index (χ2v) is 12.0. The Labute approximate surface area is 259 Å². The Hall–Kier alpha value is -3.87. The summed E-state index contributed by atoms with van der Waals surface area (Å²) in [6.45, 7) is 9.96. The number of rotatable bonds is 10. The van der Waals surface area contributed by atoms with Gasteiger partial charge in [0.1, 0.15) is 12.1 Å². The molecule has 4 aromatic rings. The Bertz CT molecular complexity index is 1590. The van der Waals surface area contributed by atoms with Crippen LogP contribution in [0, 0.1) is 6.92 Å². The fraction of sp³-hybridized carbons (Fsp3) is 0.344. The lowest BCUT2D eigenvalue weighted by Gasteiger charge is -2.25. The lowest BCUT2D eigenvalue weighted by atomic mass is 9.95. The number of nitrogens with zero attached hydrogens (tertiary/aromatic N) is 5. The molecule has 0 bridgehead atoms. The number of anilines is 1. The van der Waals surface area contributed by atoms with Crippen molar-refractivity contribution in [3.63, 3.8) is 0 Å². The third kappa shape index (κ3) is 7.61. The van der Waals surface area contributed by atoms with Crippen LogP contribution in [0.4, 0.5) is 18.9 Å². The highest BCUT2D eigenvalue weighted by atomic mass is 32.2. The summed E-state index contributed by atoms with van der Waals surface area (Å²) in [6.07, 6.45) is -4.27. The molecule has 1 aromatic heterocycles. The minimum absolute atomic E-state index is 0.0958. The summed E-state index contributed by atoms with van der Waals surface area (Å²) in [5.74, 6) is 1.57. The molecular weight excluding hydrogens is 589 g/mol. The first-order chi connectivity index (χ1) is 21.0. The number of alkyl halides is 3. The number of ether oxygens (including phenoxy) is 1. The van der Waals surface area contributed by atoms with Gasteiger partial charge >= 0.3 is 6.36 Å². The molecule has 2 unspecified atom stereocenters. The van der Waals surface area contributed by atoms with Crippen molar-refractivity contribution >= 4 is 22.6 Å². The molecule has 2 N–H and O–H groups in total. The molecule has 3 aromatic carbocycles. The molecule has 1 aliphatic heterocycles. The van der Waals surface area contributed by atoms with Gasteiger partial charge in [0, 0.05) is 30.1 Å². The summed E-state index contributed by atoms with van der Waals surface area (Å²) in [7, 11) is 0. The molecule has 2 heterocycles. The maximum atomic E-state index is 12.4. The van der Waals surface area contributed by atoms with Crippen molar-refractivity contribution in [2.45, 2.75) is 52.2 Å². The number of aryl methyl sites for hydroxylation is 1. The summed E-state index contributed by atoms with van der Waals surface area (Å²) in [5, 5.41) is 19.2. The Morgan fingerprint density at radius 2 is 1.77 bits per heavy atom. The van der Waals surface area contributed by atoms with Crippen LogP contribution in [0.5, 0.6) is 5.75 Å². The van der Waals surface area contributed by atoms with E-state index in [9.17, 15) is 18.3 Å². The molecule has 0 radical (unpaired) electrons. The van der Waals surface area contributed by atoms with Crippen molar-refractivity contribution in [1.29, 1.82) is 0 Å². The van der Waals surface area contributed by atoms with Gasteiger partial charge < -0.3 is 14.7 Å². The van der Waals surface area contributed by atoms with E-state index in [2.05, 4.69) is 75.9 Å². The zero-order valence-corrected chi connectivity index (χ0v) is 25.7. The van der Waals surface area contributed by atoms with Gasteiger partial charge in [0.05, 0.1) is 5.69 Å². The van der Waals surface area contributed by atoms with Gasteiger partial charge in [-0.15, -0.1) is 18.3 Å². The average molecular weight is 625 g/mol. The van der Waals surface area contributed by atoms with Crippen LogP contribution in [0.15, 0.2) is 78.0 Å². The molecule has 2 atom stereocenters. The fourth-order valence-corrected chi connectivity index (χ4v) is 6.19. The van der Waals surface area contributed by atoms with Crippen LogP contribution in [-0.4, -0.2) is 56.6 Å². The van der Waals surface area contributed by atoms with E-state index in [1.54, 1.807) is 11.8 Å². The SMILES string of the molecule is Cc1cccc(N2CCS/C2=N\C(O)NCC(C)c2ccc(-c3ncn(-c4ccc(OC(F)(F)F)cc4)n3)cc2)c1C(C)C. The van der Waals surface area contributed by atoms with Gasteiger partial charge in [0.25, 0.3) is 0 Å². The molecule has 0 spiro atoms. The monoisotopic (exact) mass is 624 g/mol. The van der Waals surface area contributed by atoms with E-state index in [-0.39, 0.29) is 11.7 Å². The molecule has 44 heavy (non-hydrogen) atoms. The second kappa shape index (κ2) is 13.4. The van der Waals surface area contributed by atoms with Gasteiger partial charge in [-0.3, -0.25) is 5.32 Å². The molecule has 232 valence electrons. The number of halogens is 3. The predicted molar refractivity (Wildman–Crippen MR) is 168 cm³/mol. The molecule has 0 aliphatic carbocycles. The topological polar surface area (TPSA) is 87.8 Å². The van der Waals surface area contributed by atoms with Gasteiger partial charge in [-0.25, -0.2) is 14.7 Å². The summed E-state index contributed by atoms with van der Waals surface area (Å²) >= 11 is 1.65. The molecule has 1 saturated heterocycles. The number of aliphatic hydroxyl groups excluding tert-OH is 1. The smallest absolute Gasteiger partial charge is 0.406 e. The maximum absolute atomic E-state index is 12.4. The Morgan fingerprint density at radius 1 is 1.05 bits per heavy atom. The largest absolute Gasteiger partial charge is 0.573 e. The number of hydrogen-bond acceptors (Lipinski definition) is 7. The first-order valence-electron chi connectivity index (χ1n) is 14.4. The lowest BCUT2D eigenvalue weighted by molar-refractivity contribution is -0.274. The van der Waals surface area contributed by atoms with Crippen LogP contribution in [0.1, 0.15) is 49.3 Å². The summed E-state index contributed by atoms with van der Waals surface area (Å²) < 4.78 is 42.7. The van der Waals surface area contributed by atoms with Gasteiger partial charge in [0.15, 0.2) is 11.0 Å². The van der Waals surface area contributed by atoms with E-state index in [4.69, 9.17) is 0 Å². The molecule has 5 rings (SSSR count). The van der Waals surface area contributed by atoms with E-state index in [0.29, 0.717) is 24.0 Å². The number of nitrogens with one attached hydrogen (secondary N) is 1. The van der Waals surface area contributed by atoms with Gasteiger partial charge in [-0.2, -0.15) is 0 Å². The van der Waals surface area contributed by atoms with Crippen molar-refractivity contribution in [3.05, 3.63) is 89.7 Å². The van der Waals surface area contributed by atoms with E-state index < -0.39 is 12.7 Å². The third-order valence-corrected chi connectivity index (χ3v) is 8.32. The normalized spacial score (nSPS) is 16.1. The number of aliphatic hydroxyl groups is 1. The van der Waals surface area contributed by atoms with Crippen molar-refractivity contribution in [3.8, 4) is 22.8 Å². The highest BCUT2D eigenvalue weighted by Gasteiger charge is 2.31. The van der Waals surface area contributed by atoms with Crippen LogP contribution >= 0.6 is 11.8 Å². The Balaban J connectivity index is 1.18. The summed E-state index contributed by atoms with van der Waals surface area (Å²) in [4.78, 5) is 11.2. The van der Waals surface area contributed by atoms with E-state index in [1.807, 2.05) is 24.3 Å². The molecule has 8 nitrogen and oxygen atoms in total. The third-order valence-electron chi connectivity index (χ3n) is 7.35. The van der Waals surface area contributed by atoms with E-state index in [1.165, 1.54) is 46.4 Å². The van der Waals surface area contributed by atoms with Crippen molar-refractivity contribution in [1.82, 2.24) is 20.1 Å². The van der Waals surface area contributed by atoms with Gasteiger partial charge in [-0.05, 0) is 65.8 Å². The highest BCUT2D eigenvalue weighted by molar-refractivity contribution is 8.14. The fourth-order valence-electron chi connectivity index (χ4n) is 5.22. The number of benzene rings is 3. The van der Waals surface area contributed by atoms with Crippen molar-refractivity contribution < 1.29 is 23.0 Å². The van der Waals surface area contributed by atoms with Crippen LogP contribution in [0.25, 0.3) is 17.1 Å². The molecule has 0 amide bonds. The second-order valence-electron chi connectivity index (χ2n) is 10.9. The average Bonchev–Trinajstić information content (AvgIpc) is 3.66. The van der Waals surface area contributed by atoms with Crippen LogP contribution in [-0.2, 0) is 0 Å². The van der Waals surface area contributed by atoms with Crippen LogP contribution < -0.4 is 15.0 Å². The van der Waals surface area contributed by atoms with Crippen LogP contribution in [0.3, 0.4) is 0 Å². The standard InChI is InChI=1S/C32H35F3N6O2S/c1-20(2)28-21(3)6-5-7-27(28)40-16-17-44-31(40)38-30(42)36-18-22(4)23-8-10-24(11-9-23)29-37-19-41(39-29)25-12-14-26(15-13-25)43-32(33,34)35/h5-15,19-20,22,30,36,42H,16-18H2,1-4H3/b38-31-. The first kappa shape index (κ1) is 31.6. The van der Waals surface area contributed by atoms with E-state index in [0.717, 1.165) is 34.3 Å². The summed E-state index contributed by atoms with van der Waals surface area (Å²) in [6, 6.07) is 19.6. The van der Waals surface area contributed by atoms with Crippen LogP contribution in [0.2, 0.25) is 0 Å².